The van der Waals surface area contributed by atoms with Crippen molar-refractivity contribution in [1.82, 2.24) is 10.2 Å². The fourth-order valence-corrected chi connectivity index (χ4v) is 2.37. The summed E-state index contributed by atoms with van der Waals surface area (Å²) < 4.78 is 6.53. The van der Waals surface area contributed by atoms with E-state index < -0.39 is 0 Å². The number of benzene rings is 1. The van der Waals surface area contributed by atoms with E-state index in [4.69, 9.17) is 4.74 Å². The third-order valence-electron chi connectivity index (χ3n) is 2.40. The Bertz CT molecular complexity index is 518. The molecule has 1 aromatic heterocycles. The van der Waals surface area contributed by atoms with E-state index in [1.165, 1.54) is 11.3 Å². The molecule has 2 aromatic rings. The molecule has 0 spiro atoms. The zero-order valence-corrected chi connectivity index (χ0v) is 12.6. The lowest BCUT2D eigenvalue weighted by Crippen LogP contribution is -2.09. The first-order valence-corrected chi connectivity index (χ1v) is 7.31. The molecule has 6 heteroatoms. The number of ether oxygens (including phenoxy) is 1. The Morgan fingerprint density at radius 2 is 2.28 bits per heavy atom. The molecule has 1 atom stereocenters. The molecule has 0 aliphatic carbocycles. The summed E-state index contributed by atoms with van der Waals surface area (Å²) in [4.78, 5) is 0. The highest BCUT2D eigenvalue weighted by Crippen LogP contribution is 2.26. The first kappa shape index (κ1) is 13.3. The van der Waals surface area contributed by atoms with Crippen LogP contribution in [-0.2, 0) is 0 Å². The smallest absolute Gasteiger partial charge is 0.210 e. The van der Waals surface area contributed by atoms with Gasteiger partial charge in [0.25, 0.3) is 0 Å². The Labute approximate surface area is 119 Å². The predicted octanol–water partition coefficient (Wildman–Crippen LogP) is 4.22. The van der Waals surface area contributed by atoms with Gasteiger partial charge in [0, 0.05) is 11.8 Å². The van der Waals surface area contributed by atoms with Gasteiger partial charge in [0.15, 0.2) is 3.92 Å². The van der Waals surface area contributed by atoms with Crippen LogP contribution < -0.4 is 10.1 Å². The Hall–Kier alpha value is -1.14. The zero-order chi connectivity index (χ0) is 13.0. The van der Waals surface area contributed by atoms with Crippen LogP contribution >= 0.6 is 27.3 Å². The van der Waals surface area contributed by atoms with E-state index in [1.807, 2.05) is 24.3 Å². The summed E-state index contributed by atoms with van der Waals surface area (Å²) in [5, 5.41) is 11.8. The minimum atomic E-state index is 0.218. The van der Waals surface area contributed by atoms with Crippen LogP contribution in [0, 0.1) is 0 Å². The standard InChI is InChI=1S/C12H14BrN3OS/c1-3-8(2)17-10-6-4-5-9(7-10)14-12-16-15-11(13)18-12/h4-8H,3H2,1-2H3,(H,14,16). The third kappa shape index (κ3) is 3.68. The lowest BCUT2D eigenvalue weighted by Gasteiger charge is -2.13. The number of nitrogens with one attached hydrogen (secondary N) is 1. The van der Waals surface area contributed by atoms with Gasteiger partial charge in [-0.05, 0) is 41.4 Å². The van der Waals surface area contributed by atoms with Gasteiger partial charge in [0.1, 0.15) is 5.75 Å². The van der Waals surface area contributed by atoms with Crippen molar-refractivity contribution < 1.29 is 4.74 Å². The maximum atomic E-state index is 5.77. The summed E-state index contributed by atoms with van der Waals surface area (Å²) in [6, 6.07) is 7.84. The van der Waals surface area contributed by atoms with Crippen LogP contribution in [-0.4, -0.2) is 16.3 Å². The summed E-state index contributed by atoms with van der Waals surface area (Å²) in [5.41, 5.74) is 0.944. The van der Waals surface area contributed by atoms with Crippen molar-refractivity contribution in [3.05, 3.63) is 28.2 Å². The first-order chi connectivity index (χ1) is 8.67. The predicted molar refractivity (Wildman–Crippen MR) is 77.7 cm³/mol. The molecule has 1 N–H and O–H groups in total. The minimum Gasteiger partial charge on any atom is -0.491 e. The van der Waals surface area contributed by atoms with E-state index in [1.54, 1.807) is 0 Å². The number of halogens is 1. The topological polar surface area (TPSA) is 47.0 Å². The Kier molecular flexibility index (Phi) is 4.54. The van der Waals surface area contributed by atoms with E-state index in [0.717, 1.165) is 26.9 Å². The van der Waals surface area contributed by atoms with Gasteiger partial charge >= 0.3 is 0 Å². The van der Waals surface area contributed by atoms with Gasteiger partial charge in [0.05, 0.1) is 6.10 Å². The van der Waals surface area contributed by atoms with E-state index in [9.17, 15) is 0 Å². The van der Waals surface area contributed by atoms with E-state index in [0.29, 0.717) is 0 Å². The Morgan fingerprint density at radius 3 is 2.94 bits per heavy atom. The van der Waals surface area contributed by atoms with Crippen molar-refractivity contribution in [1.29, 1.82) is 0 Å². The van der Waals surface area contributed by atoms with Gasteiger partial charge in [-0.2, -0.15) is 0 Å². The largest absolute Gasteiger partial charge is 0.491 e. The van der Waals surface area contributed by atoms with Crippen molar-refractivity contribution >= 4 is 38.1 Å². The molecule has 96 valence electrons. The number of rotatable bonds is 5. The second-order valence-electron chi connectivity index (χ2n) is 3.85. The summed E-state index contributed by atoms with van der Waals surface area (Å²) in [5.74, 6) is 0.859. The van der Waals surface area contributed by atoms with Crippen LogP contribution in [0.4, 0.5) is 10.8 Å². The molecule has 18 heavy (non-hydrogen) atoms. The average molecular weight is 328 g/mol. The van der Waals surface area contributed by atoms with Crippen LogP contribution in [0.1, 0.15) is 20.3 Å². The van der Waals surface area contributed by atoms with E-state index in [-0.39, 0.29) is 6.10 Å². The average Bonchev–Trinajstić information content (AvgIpc) is 2.75. The first-order valence-electron chi connectivity index (χ1n) is 5.70. The number of nitrogens with zero attached hydrogens (tertiary/aromatic N) is 2. The quantitative estimate of drug-likeness (QED) is 0.893. The summed E-state index contributed by atoms with van der Waals surface area (Å²) in [7, 11) is 0. The molecule has 0 aliphatic heterocycles. The molecule has 4 nitrogen and oxygen atoms in total. The van der Waals surface area contributed by atoms with Crippen molar-refractivity contribution in [3.8, 4) is 5.75 Å². The van der Waals surface area contributed by atoms with Crippen LogP contribution in [0.5, 0.6) is 5.75 Å². The molecular formula is C12H14BrN3OS. The summed E-state index contributed by atoms with van der Waals surface area (Å²) in [6.45, 7) is 4.16. The third-order valence-corrected chi connectivity index (χ3v) is 3.67. The van der Waals surface area contributed by atoms with Gasteiger partial charge in [-0.3, -0.25) is 0 Å². The molecule has 0 amide bonds. The molecule has 0 radical (unpaired) electrons. The van der Waals surface area contributed by atoms with Crippen molar-refractivity contribution in [2.24, 2.45) is 0 Å². The molecule has 1 heterocycles. The van der Waals surface area contributed by atoms with E-state index >= 15 is 0 Å². The van der Waals surface area contributed by atoms with Crippen molar-refractivity contribution in [3.63, 3.8) is 0 Å². The van der Waals surface area contributed by atoms with Gasteiger partial charge < -0.3 is 10.1 Å². The Morgan fingerprint density at radius 1 is 1.44 bits per heavy atom. The number of aromatic nitrogens is 2. The number of hydrogen-bond acceptors (Lipinski definition) is 5. The molecule has 0 aliphatic rings. The molecular weight excluding hydrogens is 314 g/mol. The van der Waals surface area contributed by atoms with Crippen molar-refractivity contribution in [2.75, 3.05) is 5.32 Å². The lowest BCUT2D eigenvalue weighted by atomic mass is 10.3. The fourth-order valence-electron chi connectivity index (χ4n) is 1.34. The molecule has 0 fully saturated rings. The maximum Gasteiger partial charge on any atom is 0.210 e. The maximum absolute atomic E-state index is 5.77. The van der Waals surface area contributed by atoms with Crippen LogP contribution in [0.2, 0.25) is 0 Å². The van der Waals surface area contributed by atoms with Gasteiger partial charge in [-0.15, -0.1) is 10.2 Å². The zero-order valence-electron chi connectivity index (χ0n) is 10.2. The monoisotopic (exact) mass is 327 g/mol. The normalized spacial score (nSPS) is 12.2. The van der Waals surface area contributed by atoms with Crippen LogP contribution in [0.25, 0.3) is 0 Å². The Balaban J connectivity index is 2.07. The van der Waals surface area contributed by atoms with Gasteiger partial charge in [-0.25, -0.2) is 0 Å². The highest BCUT2D eigenvalue weighted by atomic mass is 79.9. The van der Waals surface area contributed by atoms with Crippen LogP contribution in [0.15, 0.2) is 28.2 Å². The molecule has 2 rings (SSSR count). The minimum absolute atomic E-state index is 0.218. The summed E-state index contributed by atoms with van der Waals surface area (Å²) >= 11 is 4.73. The number of anilines is 2. The number of hydrogen-bond donors (Lipinski definition) is 1. The molecule has 1 unspecified atom stereocenters. The fraction of sp³-hybridized carbons (Fsp3) is 0.333. The second kappa shape index (κ2) is 6.15. The summed E-state index contributed by atoms with van der Waals surface area (Å²) in [6.07, 6.45) is 1.21. The molecule has 0 bridgehead atoms. The lowest BCUT2D eigenvalue weighted by molar-refractivity contribution is 0.217. The van der Waals surface area contributed by atoms with Gasteiger partial charge in [0.2, 0.25) is 5.13 Å². The van der Waals surface area contributed by atoms with Crippen LogP contribution in [0.3, 0.4) is 0 Å². The van der Waals surface area contributed by atoms with Gasteiger partial charge in [-0.1, -0.05) is 24.3 Å². The highest BCUT2D eigenvalue weighted by Gasteiger charge is 2.04. The van der Waals surface area contributed by atoms with Crippen molar-refractivity contribution in [2.45, 2.75) is 26.4 Å². The second-order valence-corrected chi connectivity index (χ2v) is 6.10. The molecule has 0 saturated carbocycles. The molecule has 0 saturated heterocycles. The highest BCUT2D eigenvalue weighted by molar-refractivity contribution is 9.11. The molecule has 1 aromatic carbocycles. The van der Waals surface area contributed by atoms with E-state index in [2.05, 4.69) is 45.3 Å². The SMILES string of the molecule is CCC(C)Oc1cccc(Nc2nnc(Br)s2)c1.